The first-order valence-corrected chi connectivity index (χ1v) is 5.63. The number of nitrogens with zero attached hydrogens (tertiary/aromatic N) is 1. The lowest BCUT2D eigenvalue weighted by molar-refractivity contribution is 0.600. The minimum absolute atomic E-state index is 0.0521. The molecule has 1 aromatic rings. The van der Waals surface area contributed by atoms with E-state index in [2.05, 4.69) is 4.98 Å². The van der Waals surface area contributed by atoms with Gasteiger partial charge in [-0.25, -0.2) is 13.4 Å². The van der Waals surface area contributed by atoms with Crippen LogP contribution in [-0.2, 0) is 15.6 Å². The van der Waals surface area contributed by atoms with Crippen LogP contribution in [-0.4, -0.2) is 19.7 Å². The topological polar surface area (TPSA) is 47.0 Å². The Bertz CT molecular complexity index is 287. The molecule has 0 fully saturated rings. The van der Waals surface area contributed by atoms with Gasteiger partial charge < -0.3 is 0 Å². The maximum Gasteiger partial charge on any atom is 0.153 e. The van der Waals surface area contributed by atoms with Gasteiger partial charge in [0.15, 0.2) is 9.84 Å². The highest BCUT2D eigenvalue weighted by molar-refractivity contribution is 7.89. The molecule has 0 radical (unpaired) electrons. The zero-order chi connectivity index (χ0) is 7.61. The maximum absolute atomic E-state index is 10.7. The highest BCUT2D eigenvalue weighted by Gasteiger charge is 2.04. The van der Waals surface area contributed by atoms with Gasteiger partial charge in [0.1, 0.15) is 0 Å². The van der Waals surface area contributed by atoms with E-state index in [1.54, 1.807) is 10.9 Å². The molecule has 0 atom stereocenters. The molecule has 0 saturated carbocycles. The summed E-state index contributed by atoms with van der Waals surface area (Å²) in [7, 11) is -2.90. The first-order chi connectivity index (χ1) is 4.58. The third kappa shape index (κ3) is 2.45. The Morgan fingerprint density at radius 3 is 2.80 bits per heavy atom. The molecule has 56 valence electrons. The van der Waals surface area contributed by atoms with Gasteiger partial charge in [0.25, 0.3) is 0 Å². The SMILES string of the molecule is CS(=O)(=O)Cc1cscn1. The molecule has 10 heavy (non-hydrogen) atoms. The van der Waals surface area contributed by atoms with E-state index in [0.29, 0.717) is 5.69 Å². The maximum atomic E-state index is 10.7. The fraction of sp³-hybridized carbons (Fsp3) is 0.400. The summed E-state index contributed by atoms with van der Waals surface area (Å²) in [5, 5.41) is 1.74. The molecule has 1 aromatic heterocycles. The van der Waals surface area contributed by atoms with E-state index in [0.717, 1.165) is 0 Å². The molecule has 0 aliphatic carbocycles. The van der Waals surface area contributed by atoms with Crippen molar-refractivity contribution in [2.24, 2.45) is 0 Å². The molecule has 0 bridgehead atoms. The largest absolute Gasteiger partial charge is 0.249 e. The quantitative estimate of drug-likeness (QED) is 0.667. The van der Waals surface area contributed by atoms with Gasteiger partial charge in [0.2, 0.25) is 0 Å². The average Bonchev–Trinajstić information content (AvgIpc) is 2.12. The molecule has 0 aliphatic rings. The average molecular weight is 177 g/mol. The van der Waals surface area contributed by atoms with Crippen LogP contribution >= 0.6 is 11.3 Å². The lowest BCUT2D eigenvalue weighted by atomic mass is 10.6. The highest BCUT2D eigenvalue weighted by Crippen LogP contribution is 2.04. The Labute approximate surface area is 63.6 Å². The predicted octanol–water partition coefficient (Wildman–Crippen LogP) is 0.688. The predicted molar refractivity (Wildman–Crippen MR) is 40.7 cm³/mol. The second kappa shape index (κ2) is 2.67. The van der Waals surface area contributed by atoms with Crippen molar-refractivity contribution in [3.05, 3.63) is 16.6 Å². The second-order valence-corrected chi connectivity index (χ2v) is 4.91. The molecule has 0 spiro atoms. The van der Waals surface area contributed by atoms with E-state index in [4.69, 9.17) is 0 Å². The van der Waals surface area contributed by atoms with Crippen LogP contribution in [0.25, 0.3) is 0 Å². The van der Waals surface area contributed by atoms with Gasteiger partial charge in [0, 0.05) is 11.6 Å². The summed E-state index contributed by atoms with van der Waals surface area (Å²) < 4.78 is 21.3. The number of hydrogen-bond acceptors (Lipinski definition) is 4. The van der Waals surface area contributed by atoms with E-state index < -0.39 is 9.84 Å². The zero-order valence-corrected chi connectivity index (χ0v) is 7.08. The van der Waals surface area contributed by atoms with E-state index >= 15 is 0 Å². The fourth-order valence-electron chi connectivity index (χ4n) is 0.577. The van der Waals surface area contributed by atoms with Crippen LogP contribution in [0.2, 0.25) is 0 Å². The van der Waals surface area contributed by atoms with Crippen LogP contribution in [0.5, 0.6) is 0 Å². The molecular weight excluding hydrogens is 170 g/mol. The zero-order valence-electron chi connectivity index (χ0n) is 5.44. The lowest BCUT2D eigenvalue weighted by Gasteiger charge is -1.90. The van der Waals surface area contributed by atoms with Gasteiger partial charge in [0.05, 0.1) is 17.0 Å². The first-order valence-electron chi connectivity index (χ1n) is 2.63. The van der Waals surface area contributed by atoms with Gasteiger partial charge in [-0.15, -0.1) is 11.3 Å². The van der Waals surface area contributed by atoms with Crippen LogP contribution in [0.4, 0.5) is 0 Å². The van der Waals surface area contributed by atoms with Crippen LogP contribution in [0.3, 0.4) is 0 Å². The number of rotatable bonds is 2. The minimum atomic E-state index is -2.90. The van der Waals surface area contributed by atoms with Crippen LogP contribution in [0, 0.1) is 0 Å². The normalized spacial score (nSPS) is 11.7. The Kier molecular flexibility index (Phi) is 2.05. The lowest BCUT2D eigenvalue weighted by Crippen LogP contribution is -2.00. The van der Waals surface area contributed by atoms with E-state index in [9.17, 15) is 8.42 Å². The van der Waals surface area contributed by atoms with Gasteiger partial charge >= 0.3 is 0 Å². The molecular formula is C5H7NO2S2. The van der Waals surface area contributed by atoms with Gasteiger partial charge in [-0.2, -0.15) is 0 Å². The Balaban J connectivity index is 2.75. The molecule has 5 heteroatoms. The molecule has 0 aromatic carbocycles. The monoisotopic (exact) mass is 177 g/mol. The van der Waals surface area contributed by atoms with E-state index in [1.165, 1.54) is 17.6 Å². The number of aromatic nitrogens is 1. The van der Waals surface area contributed by atoms with Crippen molar-refractivity contribution in [2.75, 3.05) is 6.26 Å². The molecule has 0 unspecified atom stereocenters. The summed E-state index contributed by atoms with van der Waals surface area (Å²) >= 11 is 1.40. The summed E-state index contributed by atoms with van der Waals surface area (Å²) in [5.41, 5.74) is 2.26. The van der Waals surface area contributed by atoms with Crippen molar-refractivity contribution in [3.63, 3.8) is 0 Å². The first kappa shape index (κ1) is 7.68. The van der Waals surface area contributed by atoms with Gasteiger partial charge in [-0.3, -0.25) is 0 Å². The second-order valence-electron chi connectivity index (χ2n) is 2.05. The molecule has 1 rings (SSSR count). The third-order valence-corrected chi connectivity index (χ3v) is 2.35. The van der Waals surface area contributed by atoms with Crippen LogP contribution in [0.1, 0.15) is 5.69 Å². The summed E-state index contributed by atoms with van der Waals surface area (Å²) in [5.74, 6) is 0.0521. The molecule has 1 heterocycles. The standard InChI is InChI=1S/C5H7NO2S2/c1-10(7,8)3-5-2-9-4-6-5/h2,4H,3H2,1H3. The molecule has 0 saturated heterocycles. The fourth-order valence-corrected chi connectivity index (χ4v) is 1.94. The minimum Gasteiger partial charge on any atom is -0.249 e. The van der Waals surface area contributed by atoms with E-state index in [-0.39, 0.29) is 5.75 Å². The Morgan fingerprint density at radius 2 is 2.40 bits per heavy atom. The number of sulfone groups is 1. The van der Waals surface area contributed by atoms with Crippen molar-refractivity contribution in [3.8, 4) is 0 Å². The van der Waals surface area contributed by atoms with E-state index in [1.807, 2.05) is 0 Å². The molecule has 0 amide bonds. The summed E-state index contributed by atoms with van der Waals surface area (Å²) in [6.45, 7) is 0. The van der Waals surface area contributed by atoms with Crippen molar-refractivity contribution in [1.29, 1.82) is 0 Å². The Morgan fingerprint density at radius 1 is 1.70 bits per heavy atom. The van der Waals surface area contributed by atoms with Crippen molar-refractivity contribution in [1.82, 2.24) is 4.98 Å². The number of hydrogen-bond donors (Lipinski definition) is 0. The summed E-state index contributed by atoms with van der Waals surface area (Å²) in [4.78, 5) is 3.84. The van der Waals surface area contributed by atoms with Crippen LogP contribution < -0.4 is 0 Å². The smallest absolute Gasteiger partial charge is 0.153 e. The van der Waals surface area contributed by atoms with Crippen molar-refractivity contribution < 1.29 is 8.42 Å². The summed E-state index contributed by atoms with van der Waals surface area (Å²) in [6.07, 6.45) is 1.20. The molecule has 0 N–H and O–H groups in total. The van der Waals surface area contributed by atoms with Crippen molar-refractivity contribution >= 4 is 21.2 Å². The molecule has 0 aliphatic heterocycles. The van der Waals surface area contributed by atoms with Crippen LogP contribution in [0.15, 0.2) is 10.9 Å². The van der Waals surface area contributed by atoms with Gasteiger partial charge in [-0.05, 0) is 0 Å². The molecule has 3 nitrogen and oxygen atoms in total. The highest BCUT2D eigenvalue weighted by atomic mass is 32.2. The van der Waals surface area contributed by atoms with Crippen molar-refractivity contribution in [2.45, 2.75) is 5.75 Å². The van der Waals surface area contributed by atoms with Gasteiger partial charge in [-0.1, -0.05) is 0 Å². The Hall–Kier alpha value is -0.420. The summed E-state index contributed by atoms with van der Waals surface area (Å²) in [6, 6.07) is 0. The third-order valence-electron chi connectivity index (χ3n) is 0.894. The number of thiazole rings is 1.